The van der Waals surface area contributed by atoms with Gasteiger partial charge in [-0.1, -0.05) is 0 Å². The van der Waals surface area contributed by atoms with E-state index in [1.54, 1.807) is 0 Å². The van der Waals surface area contributed by atoms with Crippen LogP contribution in [0, 0.1) is 9.49 Å². The first-order valence-electron chi connectivity index (χ1n) is 9.30. The number of anilines is 1. The molecule has 7 heteroatoms. The third-order valence-corrected chi connectivity index (χ3v) is 5.96. The van der Waals surface area contributed by atoms with Crippen molar-refractivity contribution in [2.75, 3.05) is 18.4 Å². The zero-order chi connectivity index (χ0) is 18.5. The first-order chi connectivity index (χ1) is 12.5. The minimum absolute atomic E-state index is 0.0523. The lowest BCUT2D eigenvalue weighted by molar-refractivity contribution is -0.133. The number of carbonyl (C=O) groups excluding carboxylic acids is 2. The second-order valence-corrected chi connectivity index (χ2v) is 8.39. The van der Waals surface area contributed by atoms with E-state index in [2.05, 4.69) is 27.9 Å². The highest BCUT2D eigenvalue weighted by Crippen LogP contribution is 2.29. The van der Waals surface area contributed by atoms with E-state index in [0.29, 0.717) is 12.1 Å². The Morgan fingerprint density at radius 3 is 2.54 bits per heavy atom. The Morgan fingerprint density at radius 2 is 1.85 bits per heavy atom. The van der Waals surface area contributed by atoms with Crippen LogP contribution < -0.4 is 11.1 Å². The normalized spacial score (nSPS) is 24.2. The van der Waals surface area contributed by atoms with Crippen LogP contribution in [0.1, 0.15) is 38.5 Å². The average molecular weight is 471 g/mol. The number of halogens is 1. The lowest BCUT2D eigenvalue weighted by atomic mass is 9.82. The van der Waals surface area contributed by atoms with Crippen LogP contribution in [0.3, 0.4) is 0 Å². The van der Waals surface area contributed by atoms with Crippen LogP contribution in [0.2, 0.25) is 0 Å². The SMILES string of the molecule is N[C@H](C(=O)N1CCCC1)[C@H]1CCC[C@H](OC(=O)Nc2ccc(I)cc2)C1. The number of hydrogen-bond acceptors (Lipinski definition) is 4. The molecular weight excluding hydrogens is 445 g/mol. The molecule has 2 amide bonds. The Kier molecular flexibility index (Phi) is 6.74. The van der Waals surface area contributed by atoms with Crippen molar-refractivity contribution in [3.63, 3.8) is 0 Å². The number of rotatable bonds is 4. The Balaban J connectivity index is 1.50. The van der Waals surface area contributed by atoms with Gasteiger partial charge in [0.1, 0.15) is 6.10 Å². The highest BCUT2D eigenvalue weighted by Gasteiger charge is 2.34. The van der Waals surface area contributed by atoms with E-state index >= 15 is 0 Å². The first-order valence-corrected chi connectivity index (χ1v) is 10.4. The fourth-order valence-electron chi connectivity index (χ4n) is 3.80. The summed E-state index contributed by atoms with van der Waals surface area (Å²) in [5.41, 5.74) is 6.97. The summed E-state index contributed by atoms with van der Waals surface area (Å²) in [6.45, 7) is 1.63. The number of amides is 2. The number of nitrogens with one attached hydrogen (secondary N) is 1. The van der Waals surface area contributed by atoms with Crippen LogP contribution in [0.15, 0.2) is 24.3 Å². The molecule has 0 spiro atoms. The second kappa shape index (κ2) is 9.03. The third-order valence-electron chi connectivity index (χ3n) is 5.24. The second-order valence-electron chi connectivity index (χ2n) is 7.14. The first kappa shape index (κ1) is 19.4. The molecule has 3 atom stereocenters. The van der Waals surface area contributed by atoms with Crippen molar-refractivity contribution < 1.29 is 14.3 Å². The van der Waals surface area contributed by atoms with Gasteiger partial charge < -0.3 is 15.4 Å². The predicted octanol–water partition coefficient (Wildman–Crippen LogP) is 3.35. The Bertz CT molecular complexity index is 631. The molecule has 0 bridgehead atoms. The van der Waals surface area contributed by atoms with Gasteiger partial charge in [0, 0.05) is 22.3 Å². The molecule has 1 heterocycles. The topological polar surface area (TPSA) is 84.7 Å². The maximum Gasteiger partial charge on any atom is 0.411 e. The van der Waals surface area contributed by atoms with E-state index in [0.717, 1.165) is 48.8 Å². The van der Waals surface area contributed by atoms with E-state index in [4.69, 9.17) is 10.5 Å². The number of nitrogens with two attached hydrogens (primary N) is 1. The van der Waals surface area contributed by atoms with Gasteiger partial charge >= 0.3 is 6.09 Å². The van der Waals surface area contributed by atoms with E-state index in [1.165, 1.54) is 0 Å². The number of likely N-dealkylation sites (tertiary alicyclic amines) is 1. The Morgan fingerprint density at radius 1 is 1.15 bits per heavy atom. The predicted molar refractivity (Wildman–Crippen MR) is 109 cm³/mol. The number of carbonyl (C=O) groups is 2. The van der Waals surface area contributed by atoms with Gasteiger partial charge in [-0.25, -0.2) is 4.79 Å². The average Bonchev–Trinajstić information content (AvgIpc) is 3.17. The Labute approximate surface area is 168 Å². The molecule has 1 aromatic rings. The van der Waals surface area contributed by atoms with Crippen LogP contribution in [0.25, 0.3) is 0 Å². The van der Waals surface area contributed by atoms with Crippen molar-refractivity contribution >= 4 is 40.3 Å². The van der Waals surface area contributed by atoms with Crippen molar-refractivity contribution in [3.05, 3.63) is 27.8 Å². The summed E-state index contributed by atoms with van der Waals surface area (Å²) in [6, 6.07) is 7.05. The van der Waals surface area contributed by atoms with Crippen molar-refractivity contribution in [2.24, 2.45) is 11.7 Å². The number of ether oxygens (including phenoxy) is 1. The summed E-state index contributed by atoms with van der Waals surface area (Å²) in [5, 5.41) is 2.76. The molecule has 1 saturated heterocycles. The van der Waals surface area contributed by atoms with Crippen LogP contribution in [-0.2, 0) is 9.53 Å². The van der Waals surface area contributed by atoms with E-state index < -0.39 is 12.1 Å². The van der Waals surface area contributed by atoms with E-state index in [1.807, 2.05) is 29.2 Å². The molecule has 3 rings (SSSR count). The van der Waals surface area contributed by atoms with Gasteiger partial charge in [0.15, 0.2) is 0 Å². The molecule has 0 aromatic heterocycles. The molecule has 2 aliphatic rings. The molecule has 1 aromatic carbocycles. The molecule has 142 valence electrons. The van der Waals surface area contributed by atoms with Gasteiger partial charge in [0.25, 0.3) is 0 Å². The van der Waals surface area contributed by atoms with Gasteiger partial charge in [-0.05, 0) is 91.3 Å². The van der Waals surface area contributed by atoms with Crippen molar-refractivity contribution in [2.45, 2.75) is 50.7 Å². The summed E-state index contributed by atoms with van der Waals surface area (Å²) >= 11 is 2.22. The van der Waals surface area contributed by atoms with Crippen molar-refractivity contribution in [1.29, 1.82) is 0 Å². The minimum atomic E-state index is -0.487. The molecule has 0 unspecified atom stereocenters. The van der Waals surface area contributed by atoms with Crippen LogP contribution in [-0.4, -0.2) is 42.1 Å². The highest BCUT2D eigenvalue weighted by atomic mass is 127. The fourth-order valence-corrected chi connectivity index (χ4v) is 4.16. The van der Waals surface area contributed by atoms with Crippen LogP contribution in [0.5, 0.6) is 0 Å². The largest absolute Gasteiger partial charge is 0.446 e. The molecule has 2 fully saturated rings. The molecule has 26 heavy (non-hydrogen) atoms. The van der Waals surface area contributed by atoms with Crippen molar-refractivity contribution in [3.8, 4) is 0 Å². The van der Waals surface area contributed by atoms with Gasteiger partial charge in [-0.15, -0.1) is 0 Å². The smallest absolute Gasteiger partial charge is 0.411 e. The van der Waals surface area contributed by atoms with E-state index in [9.17, 15) is 9.59 Å². The Hall–Kier alpha value is -1.35. The summed E-state index contributed by atoms with van der Waals surface area (Å²) < 4.78 is 6.68. The molecule has 1 aliphatic heterocycles. The third kappa shape index (κ3) is 5.09. The molecule has 6 nitrogen and oxygen atoms in total. The molecule has 1 saturated carbocycles. The summed E-state index contributed by atoms with van der Waals surface area (Å²) in [4.78, 5) is 26.5. The summed E-state index contributed by atoms with van der Waals surface area (Å²) in [6.07, 6.45) is 4.81. The monoisotopic (exact) mass is 471 g/mol. The van der Waals surface area contributed by atoms with Gasteiger partial charge in [0.2, 0.25) is 5.91 Å². The van der Waals surface area contributed by atoms with Crippen molar-refractivity contribution in [1.82, 2.24) is 4.90 Å². The lowest BCUT2D eigenvalue weighted by Gasteiger charge is -2.33. The molecule has 3 N–H and O–H groups in total. The maximum atomic E-state index is 12.5. The van der Waals surface area contributed by atoms with Crippen LogP contribution >= 0.6 is 22.6 Å². The molecule has 1 aliphatic carbocycles. The number of nitrogens with zero attached hydrogens (tertiary/aromatic N) is 1. The highest BCUT2D eigenvalue weighted by molar-refractivity contribution is 14.1. The maximum absolute atomic E-state index is 12.5. The van der Waals surface area contributed by atoms with Crippen LogP contribution in [0.4, 0.5) is 10.5 Å². The quantitative estimate of drug-likeness (QED) is 0.660. The fraction of sp³-hybridized carbons (Fsp3) is 0.579. The summed E-state index contributed by atoms with van der Waals surface area (Å²) in [7, 11) is 0. The minimum Gasteiger partial charge on any atom is -0.446 e. The lowest BCUT2D eigenvalue weighted by Crippen LogP contribution is -2.48. The number of benzene rings is 1. The zero-order valence-corrected chi connectivity index (χ0v) is 17.0. The van der Waals surface area contributed by atoms with Gasteiger partial charge in [0.05, 0.1) is 6.04 Å². The standard InChI is InChI=1S/C19H26IN3O3/c20-14-6-8-15(9-7-14)22-19(25)26-16-5-3-4-13(12-16)17(21)18(24)23-10-1-2-11-23/h6-9,13,16-17H,1-5,10-12,21H2,(H,22,25)/t13-,16-,17-/m0/s1. The van der Waals surface area contributed by atoms with Gasteiger partial charge in [-0.3, -0.25) is 10.1 Å². The molecular formula is C19H26IN3O3. The summed E-state index contributed by atoms with van der Waals surface area (Å²) in [5.74, 6) is 0.129. The van der Waals surface area contributed by atoms with E-state index in [-0.39, 0.29) is 17.9 Å². The number of hydrogen-bond donors (Lipinski definition) is 2. The zero-order valence-electron chi connectivity index (χ0n) is 14.8. The molecule has 0 radical (unpaired) electrons. The van der Waals surface area contributed by atoms with Gasteiger partial charge in [-0.2, -0.15) is 0 Å².